The van der Waals surface area contributed by atoms with Gasteiger partial charge in [-0.25, -0.2) is 0 Å². The van der Waals surface area contributed by atoms with Crippen molar-refractivity contribution < 1.29 is 4.79 Å². The summed E-state index contributed by atoms with van der Waals surface area (Å²) in [6.07, 6.45) is 1.82. The van der Waals surface area contributed by atoms with E-state index in [2.05, 4.69) is 18.9 Å². The molecule has 1 rings (SSSR count). The largest absolute Gasteiger partial charge is 0.321 e. The van der Waals surface area contributed by atoms with E-state index in [0.29, 0.717) is 11.6 Å². The van der Waals surface area contributed by atoms with Gasteiger partial charge in [0, 0.05) is 12.7 Å². The summed E-state index contributed by atoms with van der Waals surface area (Å²) in [7, 11) is 0. The first kappa shape index (κ1) is 10.9. The van der Waals surface area contributed by atoms with Crippen molar-refractivity contribution >= 4 is 5.78 Å². The van der Waals surface area contributed by atoms with Crippen molar-refractivity contribution in [3.05, 3.63) is 18.0 Å². The minimum absolute atomic E-state index is 0.104. The number of hydrogen-bond donors (Lipinski definition) is 1. The molecule has 0 aliphatic carbocycles. The average molecular weight is 195 g/mol. The molecule has 1 aromatic heterocycles. The van der Waals surface area contributed by atoms with Gasteiger partial charge in [-0.2, -0.15) is 5.10 Å². The van der Waals surface area contributed by atoms with Gasteiger partial charge >= 0.3 is 0 Å². The lowest BCUT2D eigenvalue weighted by molar-refractivity contribution is 0.0962. The van der Waals surface area contributed by atoms with Crippen LogP contribution in [-0.4, -0.2) is 21.6 Å². The van der Waals surface area contributed by atoms with Gasteiger partial charge in [0.1, 0.15) is 5.69 Å². The van der Waals surface area contributed by atoms with Crippen molar-refractivity contribution in [2.75, 3.05) is 0 Å². The summed E-state index contributed by atoms with van der Waals surface area (Å²) in [5.41, 5.74) is 5.94. The van der Waals surface area contributed by atoms with Crippen molar-refractivity contribution in [3.8, 4) is 0 Å². The third-order valence-electron chi connectivity index (χ3n) is 1.86. The van der Waals surface area contributed by atoms with Crippen molar-refractivity contribution in [2.45, 2.75) is 33.4 Å². The molecule has 0 aliphatic rings. The molecule has 0 saturated heterocycles. The third kappa shape index (κ3) is 2.67. The Balaban J connectivity index is 2.73. The van der Waals surface area contributed by atoms with Crippen LogP contribution in [0.4, 0.5) is 0 Å². The van der Waals surface area contributed by atoms with Gasteiger partial charge in [0.05, 0.1) is 6.04 Å². The highest BCUT2D eigenvalue weighted by molar-refractivity contribution is 5.97. The molecule has 0 radical (unpaired) electrons. The second kappa shape index (κ2) is 4.37. The number of rotatable bonds is 4. The highest BCUT2D eigenvalue weighted by atomic mass is 16.1. The Morgan fingerprint density at radius 2 is 2.21 bits per heavy atom. The molecule has 1 atom stereocenters. The molecule has 0 aromatic carbocycles. The van der Waals surface area contributed by atoms with Crippen molar-refractivity contribution in [3.63, 3.8) is 0 Å². The number of carbonyl (C=O) groups excluding carboxylic acids is 1. The maximum absolute atomic E-state index is 11.4. The zero-order valence-corrected chi connectivity index (χ0v) is 8.90. The van der Waals surface area contributed by atoms with Gasteiger partial charge in [-0.15, -0.1) is 0 Å². The summed E-state index contributed by atoms with van der Waals surface area (Å²) in [6.45, 7) is 6.71. The second-order valence-corrected chi connectivity index (χ2v) is 3.97. The normalized spacial score (nSPS) is 13.2. The van der Waals surface area contributed by atoms with Crippen LogP contribution in [0.3, 0.4) is 0 Å². The predicted octanol–water partition coefficient (Wildman–Crippen LogP) is 1.07. The number of aromatic nitrogens is 2. The molecule has 0 saturated carbocycles. The zero-order valence-electron chi connectivity index (χ0n) is 8.90. The summed E-state index contributed by atoms with van der Waals surface area (Å²) in [5, 5.41) is 4.16. The van der Waals surface area contributed by atoms with Gasteiger partial charge in [0.25, 0.3) is 0 Å². The Morgan fingerprint density at radius 1 is 1.57 bits per heavy atom. The summed E-state index contributed by atoms with van der Waals surface area (Å²) in [6, 6.07) is 1.24. The van der Waals surface area contributed by atoms with Crippen LogP contribution in [0.25, 0.3) is 0 Å². The lowest BCUT2D eigenvalue weighted by atomic mass is 10.2. The molecule has 0 spiro atoms. The summed E-state index contributed by atoms with van der Waals surface area (Å²) >= 11 is 0. The summed E-state index contributed by atoms with van der Waals surface area (Å²) in [4.78, 5) is 11.4. The minimum atomic E-state index is -0.475. The molecule has 0 amide bonds. The number of nitrogens with two attached hydrogens (primary N) is 1. The maximum Gasteiger partial charge on any atom is 0.199 e. The maximum atomic E-state index is 11.4. The van der Waals surface area contributed by atoms with E-state index in [-0.39, 0.29) is 5.78 Å². The Hall–Kier alpha value is -1.16. The van der Waals surface area contributed by atoms with Gasteiger partial charge in [0.15, 0.2) is 5.78 Å². The average Bonchev–Trinajstić information content (AvgIpc) is 2.50. The lowest BCUT2D eigenvalue weighted by Gasteiger charge is -2.04. The molecule has 4 nitrogen and oxygen atoms in total. The first-order valence-electron chi connectivity index (χ1n) is 4.84. The number of Topliss-reactive ketones (excluding diaryl/α,β-unsaturated/α-hetero) is 1. The Morgan fingerprint density at radius 3 is 2.71 bits per heavy atom. The minimum Gasteiger partial charge on any atom is -0.321 e. The smallest absolute Gasteiger partial charge is 0.199 e. The van der Waals surface area contributed by atoms with E-state index in [0.717, 1.165) is 6.54 Å². The number of carbonyl (C=O) groups is 1. The zero-order chi connectivity index (χ0) is 10.7. The topological polar surface area (TPSA) is 60.9 Å². The number of hydrogen-bond acceptors (Lipinski definition) is 3. The molecule has 1 unspecified atom stereocenters. The highest BCUT2D eigenvalue weighted by Gasteiger charge is 2.13. The van der Waals surface area contributed by atoms with Gasteiger partial charge in [-0.05, 0) is 18.9 Å². The van der Waals surface area contributed by atoms with Crippen LogP contribution in [0, 0.1) is 5.92 Å². The highest BCUT2D eigenvalue weighted by Crippen LogP contribution is 2.02. The van der Waals surface area contributed by atoms with Crippen LogP contribution >= 0.6 is 0 Å². The Kier molecular flexibility index (Phi) is 3.41. The van der Waals surface area contributed by atoms with Crippen LogP contribution in [0.1, 0.15) is 31.3 Å². The van der Waals surface area contributed by atoms with E-state index in [1.54, 1.807) is 17.7 Å². The molecular formula is C10H17N3O. The standard InChI is InChI=1S/C10H17N3O/c1-7(2)6-13-5-4-9(12-13)10(14)8(3)11/h4-5,7-8H,6,11H2,1-3H3. The SMILES string of the molecule is CC(C)Cn1ccc(C(=O)C(C)N)n1. The molecular weight excluding hydrogens is 178 g/mol. The van der Waals surface area contributed by atoms with E-state index in [9.17, 15) is 4.79 Å². The fraction of sp³-hybridized carbons (Fsp3) is 0.600. The van der Waals surface area contributed by atoms with Crippen LogP contribution in [-0.2, 0) is 6.54 Å². The van der Waals surface area contributed by atoms with Gasteiger partial charge < -0.3 is 5.73 Å². The first-order chi connectivity index (χ1) is 6.50. The molecule has 1 aromatic rings. The van der Waals surface area contributed by atoms with E-state index in [1.807, 2.05) is 6.20 Å². The van der Waals surface area contributed by atoms with E-state index >= 15 is 0 Å². The van der Waals surface area contributed by atoms with Crippen LogP contribution in [0.15, 0.2) is 12.3 Å². The van der Waals surface area contributed by atoms with Crippen molar-refractivity contribution in [2.24, 2.45) is 11.7 Å². The second-order valence-electron chi connectivity index (χ2n) is 3.97. The molecule has 78 valence electrons. The molecule has 2 N–H and O–H groups in total. The fourth-order valence-electron chi connectivity index (χ4n) is 1.20. The fourth-order valence-corrected chi connectivity index (χ4v) is 1.20. The van der Waals surface area contributed by atoms with E-state index in [4.69, 9.17) is 5.73 Å². The van der Waals surface area contributed by atoms with Gasteiger partial charge in [-0.1, -0.05) is 13.8 Å². The van der Waals surface area contributed by atoms with Crippen LogP contribution < -0.4 is 5.73 Å². The third-order valence-corrected chi connectivity index (χ3v) is 1.86. The lowest BCUT2D eigenvalue weighted by Crippen LogP contribution is -2.27. The van der Waals surface area contributed by atoms with E-state index in [1.165, 1.54) is 0 Å². The van der Waals surface area contributed by atoms with E-state index < -0.39 is 6.04 Å². The summed E-state index contributed by atoms with van der Waals surface area (Å²) in [5.74, 6) is 0.417. The Bertz CT molecular complexity index is 315. The molecule has 1 heterocycles. The summed E-state index contributed by atoms with van der Waals surface area (Å²) < 4.78 is 1.78. The monoisotopic (exact) mass is 195 g/mol. The first-order valence-corrected chi connectivity index (χ1v) is 4.84. The van der Waals surface area contributed by atoms with Crippen molar-refractivity contribution in [1.82, 2.24) is 9.78 Å². The van der Waals surface area contributed by atoms with Crippen LogP contribution in [0.5, 0.6) is 0 Å². The number of nitrogens with zero attached hydrogens (tertiary/aromatic N) is 2. The molecule has 0 fully saturated rings. The molecule has 4 heteroatoms. The molecule has 14 heavy (non-hydrogen) atoms. The van der Waals surface area contributed by atoms with Crippen LogP contribution in [0.2, 0.25) is 0 Å². The van der Waals surface area contributed by atoms with Crippen molar-refractivity contribution in [1.29, 1.82) is 0 Å². The quantitative estimate of drug-likeness (QED) is 0.731. The Labute approximate surface area is 84.1 Å². The molecule has 0 bridgehead atoms. The molecule has 0 aliphatic heterocycles. The van der Waals surface area contributed by atoms with Gasteiger partial charge in [0.2, 0.25) is 0 Å². The number of ketones is 1. The van der Waals surface area contributed by atoms with Gasteiger partial charge in [-0.3, -0.25) is 9.48 Å². The predicted molar refractivity (Wildman–Crippen MR) is 55.0 cm³/mol.